The third-order valence-electron chi connectivity index (χ3n) is 4.11. The number of hydrogen-bond donors (Lipinski definition) is 1. The van der Waals surface area contributed by atoms with Crippen LogP contribution < -0.4 is 15.1 Å². The average molecular weight is 278 g/mol. The summed E-state index contributed by atoms with van der Waals surface area (Å²) in [4.78, 5) is 17.6. The van der Waals surface area contributed by atoms with Crippen LogP contribution in [0.3, 0.4) is 0 Å². The fourth-order valence-electron chi connectivity index (χ4n) is 2.84. The molecule has 2 atom stereocenters. The van der Waals surface area contributed by atoms with Crippen LogP contribution in [0.25, 0.3) is 0 Å². The molecule has 1 fully saturated rings. The second kappa shape index (κ2) is 6.24. The lowest BCUT2D eigenvalue weighted by Crippen LogP contribution is -2.40. The zero-order valence-corrected chi connectivity index (χ0v) is 13.2. The summed E-state index contributed by atoms with van der Waals surface area (Å²) >= 11 is 0. The molecule has 20 heavy (non-hydrogen) atoms. The largest absolute Gasteiger partial charge is 0.357 e. The van der Waals surface area contributed by atoms with Gasteiger partial charge in [0.25, 0.3) is 0 Å². The van der Waals surface area contributed by atoms with Gasteiger partial charge in [-0.05, 0) is 18.8 Å². The topological polar surface area (TPSA) is 57.2 Å². The molecule has 1 aromatic heterocycles. The van der Waals surface area contributed by atoms with Gasteiger partial charge >= 0.3 is 0 Å². The standard InChI is InChI=1S/C14H26N6/c1-10-8-6-7-9-11(10)20(5)14-17-12(15-2)16-13(18-14)19(3)4/h10-11H,6-9H2,1-5H3,(H,15,16,17,18). The van der Waals surface area contributed by atoms with Crippen molar-refractivity contribution in [2.24, 2.45) is 5.92 Å². The molecular formula is C14H26N6. The van der Waals surface area contributed by atoms with E-state index in [1.54, 1.807) is 0 Å². The van der Waals surface area contributed by atoms with Crippen molar-refractivity contribution in [2.45, 2.75) is 38.6 Å². The Hall–Kier alpha value is -1.59. The van der Waals surface area contributed by atoms with Crippen molar-refractivity contribution in [1.82, 2.24) is 15.0 Å². The Morgan fingerprint density at radius 1 is 1.00 bits per heavy atom. The van der Waals surface area contributed by atoms with Gasteiger partial charge in [-0.3, -0.25) is 0 Å². The lowest BCUT2D eigenvalue weighted by atomic mass is 9.85. The summed E-state index contributed by atoms with van der Waals surface area (Å²) in [5, 5.41) is 3.02. The van der Waals surface area contributed by atoms with Crippen LogP contribution in [0, 0.1) is 5.92 Å². The first-order chi connectivity index (χ1) is 9.52. The quantitative estimate of drug-likeness (QED) is 0.909. The summed E-state index contributed by atoms with van der Waals surface area (Å²) < 4.78 is 0. The number of nitrogens with zero attached hydrogens (tertiary/aromatic N) is 5. The summed E-state index contributed by atoms with van der Waals surface area (Å²) in [6.45, 7) is 2.33. The lowest BCUT2D eigenvalue weighted by molar-refractivity contribution is 0.319. The van der Waals surface area contributed by atoms with Crippen molar-refractivity contribution in [3.05, 3.63) is 0 Å². The third kappa shape index (κ3) is 3.11. The molecular weight excluding hydrogens is 252 g/mol. The van der Waals surface area contributed by atoms with Crippen LogP contribution in [0.15, 0.2) is 0 Å². The van der Waals surface area contributed by atoms with Gasteiger partial charge in [-0.1, -0.05) is 19.8 Å². The molecule has 1 heterocycles. The first kappa shape index (κ1) is 14.8. The van der Waals surface area contributed by atoms with Crippen molar-refractivity contribution in [1.29, 1.82) is 0 Å². The van der Waals surface area contributed by atoms with Gasteiger partial charge < -0.3 is 15.1 Å². The Morgan fingerprint density at radius 2 is 1.65 bits per heavy atom. The van der Waals surface area contributed by atoms with Crippen LogP contribution in [0.4, 0.5) is 17.8 Å². The lowest BCUT2D eigenvalue weighted by Gasteiger charge is -2.36. The molecule has 112 valence electrons. The van der Waals surface area contributed by atoms with Gasteiger partial charge in [0, 0.05) is 34.2 Å². The highest BCUT2D eigenvalue weighted by molar-refractivity contribution is 5.44. The van der Waals surface area contributed by atoms with Crippen LogP contribution in [-0.2, 0) is 0 Å². The number of hydrogen-bond acceptors (Lipinski definition) is 6. The predicted molar refractivity (Wildman–Crippen MR) is 83.5 cm³/mol. The Kier molecular flexibility index (Phi) is 4.62. The molecule has 1 saturated carbocycles. The maximum atomic E-state index is 4.58. The van der Waals surface area contributed by atoms with Gasteiger partial charge in [-0.15, -0.1) is 0 Å². The minimum absolute atomic E-state index is 0.519. The predicted octanol–water partition coefficient (Wildman–Crippen LogP) is 1.99. The third-order valence-corrected chi connectivity index (χ3v) is 4.11. The summed E-state index contributed by atoms with van der Waals surface area (Å²) in [5.41, 5.74) is 0. The van der Waals surface area contributed by atoms with Gasteiger partial charge in [0.05, 0.1) is 0 Å². The molecule has 0 spiro atoms. The van der Waals surface area contributed by atoms with Crippen molar-refractivity contribution in [2.75, 3.05) is 43.3 Å². The molecule has 2 unspecified atom stereocenters. The second-order valence-corrected chi connectivity index (χ2v) is 5.84. The number of aromatic nitrogens is 3. The molecule has 6 heteroatoms. The van der Waals surface area contributed by atoms with Gasteiger partial charge in [0.1, 0.15) is 0 Å². The second-order valence-electron chi connectivity index (χ2n) is 5.84. The Balaban J connectivity index is 2.28. The molecule has 1 aliphatic carbocycles. The molecule has 0 saturated heterocycles. The van der Waals surface area contributed by atoms with Crippen LogP contribution in [0.2, 0.25) is 0 Å². The smallest absolute Gasteiger partial charge is 0.231 e. The van der Waals surface area contributed by atoms with Crippen molar-refractivity contribution in [3.63, 3.8) is 0 Å². The first-order valence-corrected chi connectivity index (χ1v) is 7.37. The van der Waals surface area contributed by atoms with Crippen LogP contribution in [0.5, 0.6) is 0 Å². The van der Waals surface area contributed by atoms with E-state index in [1.165, 1.54) is 25.7 Å². The summed E-state index contributed by atoms with van der Waals surface area (Å²) in [6.07, 6.45) is 5.15. The first-order valence-electron chi connectivity index (χ1n) is 7.37. The molecule has 0 aliphatic heterocycles. The Bertz CT molecular complexity index is 447. The maximum Gasteiger partial charge on any atom is 0.231 e. The van der Waals surface area contributed by atoms with E-state index in [0.717, 1.165) is 5.95 Å². The molecule has 0 aromatic carbocycles. The van der Waals surface area contributed by atoms with Gasteiger partial charge in [-0.2, -0.15) is 15.0 Å². The van der Waals surface area contributed by atoms with E-state index in [1.807, 2.05) is 26.0 Å². The van der Waals surface area contributed by atoms with Crippen molar-refractivity contribution in [3.8, 4) is 0 Å². The number of rotatable bonds is 4. The van der Waals surface area contributed by atoms with E-state index in [-0.39, 0.29) is 0 Å². The molecule has 1 N–H and O–H groups in total. The molecule has 1 aliphatic rings. The zero-order valence-electron chi connectivity index (χ0n) is 13.2. The van der Waals surface area contributed by atoms with E-state index in [9.17, 15) is 0 Å². The van der Waals surface area contributed by atoms with Crippen LogP contribution in [0.1, 0.15) is 32.6 Å². The highest BCUT2D eigenvalue weighted by Crippen LogP contribution is 2.29. The highest BCUT2D eigenvalue weighted by Gasteiger charge is 2.27. The minimum atomic E-state index is 0.519. The van der Waals surface area contributed by atoms with Gasteiger partial charge in [0.15, 0.2) is 0 Å². The molecule has 0 amide bonds. The SMILES string of the molecule is CNc1nc(N(C)C)nc(N(C)C2CCCCC2C)n1. The number of anilines is 3. The monoisotopic (exact) mass is 278 g/mol. The Morgan fingerprint density at radius 3 is 2.25 bits per heavy atom. The van der Waals surface area contributed by atoms with E-state index in [0.29, 0.717) is 23.9 Å². The van der Waals surface area contributed by atoms with E-state index in [4.69, 9.17) is 0 Å². The van der Waals surface area contributed by atoms with Crippen molar-refractivity contribution < 1.29 is 0 Å². The zero-order chi connectivity index (χ0) is 14.7. The summed E-state index contributed by atoms with van der Waals surface area (Å²) in [6, 6.07) is 0.519. The summed E-state index contributed by atoms with van der Waals surface area (Å²) in [7, 11) is 7.83. The minimum Gasteiger partial charge on any atom is -0.357 e. The normalized spacial score (nSPS) is 22.4. The fraction of sp³-hybridized carbons (Fsp3) is 0.786. The maximum absolute atomic E-state index is 4.58. The van der Waals surface area contributed by atoms with E-state index < -0.39 is 0 Å². The van der Waals surface area contributed by atoms with Gasteiger partial charge in [-0.25, -0.2) is 0 Å². The Labute approximate surface area is 121 Å². The van der Waals surface area contributed by atoms with Gasteiger partial charge in [0.2, 0.25) is 17.8 Å². The molecule has 0 radical (unpaired) electrons. The summed E-state index contributed by atoms with van der Waals surface area (Å²) in [5.74, 6) is 2.75. The highest BCUT2D eigenvalue weighted by atomic mass is 15.3. The van der Waals surface area contributed by atoms with E-state index in [2.05, 4.69) is 39.1 Å². The van der Waals surface area contributed by atoms with E-state index >= 15 is 0 Å². The molecule has 0 bridgehead atoms. The average Bonchev–Trinajstić information content (AvgIpc) is 2.46. The fourth-order valence-corrected chi connectivity index (χ4v) is 2.84. The molecule has 6 nitrogen and oxygen atoms in total. The molecule has 1 aromatic rings. The van der Waals surface area contributed by atoms with Crippen LogP contribution in [-0.4, -0.2) is 49.2 Å². The molecule has 2 rings (SSSR count). The van der Waals surface area contributed by atoms with Crippen LogP contribution >= 0.6 is 0 Å². The van der Waals surface area contributed by atoms with Crippen molar-refractivity contribution >= 4 is 17.8 Å². The number of nitrogens with one attached hydrogen (secondary N) is 1.